The summed E-state index contributed by atoms with van der Waals surface area (Å²) in [6, 6.07) is 6.18. The van der Waals surface area contributed by atoms with Crippen LogP contribution in [-0.2, 0) is 9.63 Å². The number of hydrogen-bond acceptors (Lipinski definition) is 5. The standard InChI is InChI=1S/C16H16F2N2O4/c17-13(18)9-19-7-3-4-10(8-19)16(23)24-20-14(21)11-5-1-2-6-12(11)15(20)22/h1-2,5-6,10,13H,3-4,7-9H2. The summed E-state index contributed by atoms with van der Waals surface area (Å²) in [5, 5.41) is 0.457. The molecule has 1 aromatic rings. The number of fused-ring (bicyclic) bond motifs is 1. The summed E-state index contributed by atoms with van der Waals surface area (Å²) in [7, 11) is 0. The van der Waals surface area contributed by atoms with Crippen LogP contribution >= 0.6 is 0 Å². The van der Waals surface area contributed by atoms with Crippen molar-refractivity contribution in [2.45, 2.75) is 19.3 Å². The zero-order valence-electron chi connectivity index (χ0n) is 12.8. The maximum absolute atomic E-state index is 12.5. The monoisotopic (exact) mass is 338 g/mol. The molecule has 1 saturated heterocycles. The van der Waals surface area contributed by atoms with Gasteiger partial charge in [0.15, 0.2) is 0 Å². The Hall–Kier alpha value is -2.35. The van der Waals surface area contributed by atoms with Crippen LogP contribution in [0.25, 0.3) is 0 Å². The number of benzene rings is 1. The number of nitrogens with zero attached hydrogens (tertiary/aromatic N) is 2. The predicted octanol–water partition coefficient (Wildman–Crippen LogP) is 1.72. The Bertz CT molecular complexity index is 645. The van der Waals surface area contributed by atoms with E-state index in [1.807, 2.05) is 0 Å². The molecule has 0 aliphatic carbocycles. The van der Waals surface area contributed by atoms with Crippen LogP contribution in [0, 0.1) is 5.92 Å². The highest BCUT2D eigenvalue weighted by Crippen LogP contribution is 2.25. The third kappa shape index (κ3) is 3.14. The number of carbonyl (C=O) groups is 3. The molecule has 2 amide bonds. The predicted molar refractivity (Wildman–Crippen MR) is 78.2 cm³/mol. The summed E-state index contributed by atoms with van der Waals surface area (Å²) in [4.78, 5) is 43.0. The van der Waals surface area contributed by atoms with Gasteiger partial charge in [-0.25, -0.2) is 13.6 Å². The minimum atomic E-state index is -2.48. The minimum Gasteiger partial charge on any atom is -0.329 e. The summed E-state index contributed by atoms with van der Waals surface area (Å²) in [5.74, 6) is -2.77. The van der Waals surface area contributed by atoms with Crippen molar-refractivity contribution >= 4 is 17.8 Å². The molecule has 6 nitrogen and oxygen atoms in total. The molecule has 24 heavy (non-hydrogen) atoms. The highest BCUT2D eigenvalue weighted by molar-refractivity contribution is 6.20. The molecule has 1 unspecified atom stereocenters. The van der Waals surface area contributed by atoms with Gasteiger partial charge in [-0.1, -0.05) is 17.2 Å². The second-order valence-electron chi connectivity index (χ2n) is 5.85. The molecule has 0 bridgehead atoms. The van der Waals surface area contributed by atoms with Gasteiger partial charge in [0.25, 0.3) is 18.2 Å². The van der Waals surface area contributed by atoms with E-state index in [1.54, 1.807) is 12.1 Å². The van der Waals surface area contributed by atoms with Crippen LogP contribution in [0.1, 0.15) is 33.6 Å². The fourth-order valence-corrected chi connectivity index (χ4v) is 3.02. The summed E-state index contributed by atoms with van der Waals surface area (Å²) in [6.45, 7) is 0.213. The molecule has 1 atom stereocenters. The van der Waals surface area contributed by atoms with Gasteiger partial charge in [-0.15, -0.1) is 0 Å². The summed E-state index contributed by atoms with van der Waals surface area (Å²) in [5.41, 5.74) is 0.358. The van der Waals surface area contributed by atoms with E-state index >= 15 is 0 Å². The molecule has 8 heteroatoms. The lowest BCUT2D eigenvalue weighted by atomic mass is 9.98. The van der Waals surface area contributed by atoms with Crippen molar-refractivity contribution in [2.24, 2.45) is 5.92 Å². The number of hydrogen-bond donors (Lipinski definition) is 0. The third-order valence-electron chi connectivity index (χ3n) is 4.17. The van der Waals surface area contributed by atoms with Crippen LogP contribution in [-0.4, -0.2) is 53.8 Å². The van der Waals surface area contributed by atoms with Gasteiger partial charge < -0.3 is 4.84 Å². The van der Waals surface area contributed by atoms with Crippen LogP contribution in [0.15, 0.2) is 24.3 Å². The summed E-state index contributed by atoms with van der Waals surface area (Å²) in [6.07, 6.45) is -1.42. The van der Waals surface area contributed by atoms with Crippen LogP contribution in [0.3, 0.4) is 0 Å². The molecule has 0 spiro atoms. The number of likely N-dealkylation sites (tertiary alicyclic amines) is 1. The molecule has 0 aromatic heterocycles. The van der Waals surface area contributed by atoms with Crippen LogP contribution in [0.4, 0.5) is 8.78 Å². The Morgan fingerprint density at radius 1 is 1.21 bits per heavy atom. The minimum absolute atomic E-state index is 0.131. The molecule has 2 aliphatic heterocycles. The lowest BCUT2D eigenvalue weighted by Gasteiger charge is -2.31. The Balaban J connectivity index is 1.65. The molecule has 0 radical (unpaired) electrons. The molecule has 1 fully saturated rings. The van der Waals surface area contributed by atoms with E-state index < -0.39 is 36.7 Å². The van der Waals surface area contributed by atoms with Gasteiger partial charge in [0.2, 0.25) is 0 Å². The van der Waals surface area contributed by atoms with E-state index in [9.17, 15) is 23.2 Å². The van der Waals surface area contributed by atoms with Gasteiger partial charge in [-0.05, 0) is 31.5 Å². The first kappa shape index (κ1) is 16.5. The number of piperidine rings is 1. The fraction of sp³-hybridized carbons (Fsp3) is 0.438. The molecule has 0 saturated carbocycles. The normalized spacial score (nSPS) is 21.3. The molecule has 2 aliphatic rings. The van der Waals surface area contributed by atoms with Crippen LogP contribution in [0.5, 0.6) is 0 Å². The number of amides is 2. The molecular weight excluding hydrogens is 322 g/mol. The molecule has 3 rings (SSSR count). The maximum atomic E-state index is 12.5. The summed E-state index contributed by atoms with van der Waals surface area (Å²) < 4.78 is 24.9. The average Bonchev–Trinajstić information content (AvgIpc) is 2.80. The Labute approximate surface area is 136 Å². The van der Waals surface area contributed by atoms with Gasteiger partial charge in [-0.2, -0.15) is 0 Å². The van der Waals surface area contributed by atoms with Crippen molar-refractivity contribution in [2.75, 3.05) is 19.6 Å². The largest absolute Gasteiger partial charge is 0.337 e. The van der Waals surface area contributed by atoms with Crippen molar-refractivity contribution in [3.63, 3.8) is 0 Å². The number of imide groups is 1. The van der Waals surface area contributed by atoms with E-state index in [0.717, 1.165) is 0 Å². The zero-order chi connectivity index (χ0) is 17.3. The lowest BCUT2D eigenvalue weighted by Crippen LogP contribution is -2.43. The van der Waals surface area contributed by atoms with E-state index in [1.165, 1.54) is 17.0 Å². The van der Waals surface area contributed by atoms with Crippen molar-refractivity contribution in [1.82, 2.24) is 9.96 Å². The van der Waals surface area contributed by atoms with E-state index in [0.29, 0.717) is 24.4 Å². The lowest BCUT2D eigenvalue weighted by molar-refractivity contribution is -0.175. The van der Waals surface area contributed by atoms with Crippen molar-refractivity contribution in [1.29, 1.82) is 0 Å². The van der Waals surface area contributed by atoms with Gasteiger partial charge >= 0.3 is 5.97 Å². The van der Waals surface area contributed by atoms with E-state index in [-0.39, 0.29) is 17.7 Å². The quantitative estimate of drug-likeness (QED) is 0.782. The first-order valence-corrected chi connectivity index (χ1v) is 7.67. The van der Waals surface area contributed by atoms with Crippen molar-refractivity contribution < 1.29 is 28.0 Å². The van der Waals surface area contributed by atoms with E-state index in [2.05, 4.69) is 0 Å². The number of rotatable bonds is 4. The highest BCUT2D eigenvalue weighted by Gasteiger charge is 2.40. The molecule has 2 heterocycles. The Morgan fingerprint density at radius 3 is 2.42 bits per heavy atom. The first-order chi connectivity index (χ1) is 11.5. The molecule has 128 valence electrons. The molecule has 1 aromatic carbocycles. The average molecular weight is 338 g/mol. The topological polar surface area (TPSA) is 66.9 Å². The molecule has 0 N–H and O–H groups in total. The highest BCUT2D eigenvalue weighted by atomic mass is 19.3. The van der Waals surface area contributed by atoms with E-state index in [4.69, 9.17) is 4.84 Å². The van der Waals surface area contributed by atoms with Crippen molar-refractivity contribution in [3.05, 3.63) is 35.4 Å². The smallest absolute Gasteiger partial charge is 0.329 e. The number of alkyl halides is 2. The van der Waals surface area contributed by atoms with Crippen LogP contribution < -0.4 is 0 Å². The second kappa shape index (κ2) is 6.64. The van der Waals surface area contributed by atoms with Gasteiger partial charge in [-0.3, -0.25) is 14.5 Å². The number of halogens is 2. The SMILES string of the molecule is O=C(ON1C(=O)c2ccccc2C1=O)C1CCCN(CC(F)F)C1. The summed E-state index contributed by atoms with van der Waals surface area (Å²) >= 11 is 0. The Morgan fingerprint density at radius 2 is 1.83 bits per heavy atom. The maximum Gasteiger partial charge on any atom is 0.337 e. The van der Waals surface area contributed by atoms with Crippen LogP contribution in [0.2, 0.25) is 0 Å². The Kier molecular flexibility index (Phi) is 4.57. The van der Waals surface area contributed by atoms with Gasteiger partial charge in [0, 0.05) is 6.54 Å². The second-order valence-corrected chi connectivity index (χ2v) is 5.85. The van der Waals surface area contributed by atoms with Crippen molar-refractivity contribution in [3.8, 4) is 0 Å². The number of hydroxylamine groups is 2. The number of carbonyl (C=O) groups excluding carboxylic acids is 3. The van der Waals surface area contributed by atoms with Gasteiger partial charge in [0.1, 0.15) is 0 Å². The zero-order valence-corrected chi connectivity index (χ0v) is 12.8. The fourth-order valence-electron chi connectivity index (χ4n) is 3.02. The van der Waals surface area contributed by atoms with Gasteiger partial charge in [0.05, 0.1) is 23.6 Å². The third-order valence-corrected chi connectivity index (χ3v) is 4.17. The first-order valence-electron chi connectivity index (χ1n) is 7.67. The molecular formula is C16H16F2N2O4.